The third-order valence-corrected chi connectivity index (χ3v) is 2.71. The summed E-state index contributed by atoms with van der Waals surface area (Å²) in [6.45, 7) is 6.78. The first-order chi connectivity index (χ1) is 7.46. The molecule has 2 aromatic rings. The zero-order chi connectivity index (χ0) is 11.8. The predicted octanol–water partition coefficient (Wildman–Crippen LogP) is 4.01. The molecule has 0 saturated carbocycles. The minimum Gasteiger partial charge on any atom is -0.398 e. The number of nitrogens with two attached hydrogens (primary N) is 1. The van der Waals surface area contributed by atoms with Crippen molar-refractivity contribution in [1.82, 2.24) is 0 Å². The van der Waals surface area contributed by atoms with Crippen LogP contribution in [0.4, 0.5) is 5.69 Å². The minimum absolute atomic E-state index is 0.327. The number of hydrogen-bond donors (Lipinski definition) is 1. The van der Waals surface area contributed by atoms with Gasteiger partial charge in [0.05, 0.1) is 0 Å². The maximum Gasteiger partial charge on any atom is 0.0393 e. The summed E-state index contributed by atoms with van der Waals surface area (Å²) in [6, 6.07) is 12.6. The Balaban J connectivity index is 2.45. The van der Waals surface area contributed by atoms with Crippen LogP contribution in [0.5, 0.6) is 0 Å². The Bertz CT molecular complexity index is 506. The molecule has 0 saturated heterocycles. The molecule has 16 heavy (non-hydrogen) atoms. The third-order valence-electron chi connectivity index (χ3n) is 2.71. The van der Waals surface area contributed by atoms with Crippen molar-refractivity contribution in [2.45, 2.75) is 27.2 Å². The van der Waals surface area contributed by atoms with Crippen LogP contribution in [-0.2, 0) is 6.42 Å². The minimum atomic E-state index is 0.327. The van der Waals surface area contributed by atoms with Crippen molar-refractivity contribution in [3.05, 3.63) is 42.0 Å². The van der Waals surface area contributed by atoms with Crippen LogP contribution in [0.1, 0.15) is 26.3 Å². The maximum absolute atomic E-state index is 5.93. The Kier molecular flexibility index (Phi) is 2.63. The third kappa shape index (κ3) is 2.35. The molecule has 0 unspecified atom stereocenters. The van der Waals surface area contributed by atoms with Gasteiger partial charge in [0.15, 0.2) is 0 Å². The first kappa shape index (κ1) is 11.0. The van der Waals surface area contributed by atoms with Gasteiger partial charge in [-0.2, -0.15) is 0 Å². The molecule has 2 N–H and O–H groups in total. The fraction of sp³-hybridized carbons (Fsp3) is 0.333. The summed E-state index contributed by atoms with van der Waals surface area (Å²) >= 11 is 0. The number of nitrogen functional groups attached to an aromatic ring is 1. The van der Waals surface area contributed by atoms with Gasteiger partial charge in [-0.25, -0.2) is 0 Å². The lowest BCUT2D eigenvalue weighted by Gasteiger charge is -2.18. The van der Waals surface area contributed by atoms with Gasteiger partial charge >= 0.3 is 0 Å². The molecule has 2 aromatic carbocycles. The molecule has 0 aliphatic carbocycles. The van der Waals surface area contributed by atoms with Gasteiger partial charge in [-0.05, 0) is 28.9 Å². The van der Waals surface area contributed by atoms with E-state index in [2.05, 4.69) is 45.0 Å². The summed E-state index contributed by atoms with van der Waals surface area (Å²) in [6.07, 6.45) is 1.09. The summed E-state index contributed by atoms with van der Waals surface area (Å²) in [5.74, 6) is 0. The first-order valence-corrected chi connectivity index (χ1v) is 5.73. The van der Waals surface area contributed by atoms with Crippen molar-refractivity contribution in [3.8, 4) is 0 Å². The predicted molar refractivity (Wildman–Crippen MR) is 71.5 cm³/mol. The van der Waals surface area contributed by atoms with E-state index in [4.69, 9.17) is 5.73 Å². The molecule has 0 bridgehead atoms. The fourth-order valence-corrected chi connectivity index (χ4v) is 2.08. The molecule has 0 aliphatic rings. The van der Waals surface area contributed by atoms with Crippen molar-refractivity contribution in [2.24, 2.45) is 5.41 Å². The van der Waals surface area contributed by atoms with E-state index >= 15 is 0 Å². The quantitative estimate of drug-likeness (QED) is 0.712. The number of rotatable bonds is 1. The van der Waals surface area contributed by atoms with Gasteiger partial charge in [-0.15, -0.1) is 0 Å². The van der Waals surface area contributed by atoms with Gasteiger partial charge in [-0.3, -0.25) is 0 Å². The van der Waals surface area contributed by atoms with Crippen molar-refractivity contribution in [2.75, 3.05) is 5.73 Å². The van der Waals surface area contributed by atoms with Gasteiger partial charge in [-0.1, -0.05) is 51.1 Å². The summed E-state index contributed by atoms with van der Waals surface area (Å²) in [4.78, 5) is 0. The van der Waals surface area contributed by atoms with Crippen LogP contribution >= 0.6 is 0 Å². The van der Waals surface area contributed by atoms with Gasteiger partial charge in [0.1, 0.15) is 0 Å². The van der Waals surface area contributed by atoms with E-state index in [1.165, 1.54) is 10.9 Å². The molecular weight excluding hydrogens is 194 g/mol. The van der Waals surface area contributed by atoms with E-state index in [-0.39, 0.29) is 0 Å². The smallest absolute Gasteiger partial charge is 0.0393 e. The van der Waals surface area contributed by atoms with Crippen LogP contribution in [-0.4, -0.2) is 0 Å². The van der Waals surface area contributed by atoms with Gasteiger partial charge < -0.3 is 5.73 Å². The Hall–Kier alpha value is -1.50. The second-order valence-electron chi connectivity index (χ2n) is 5.64. The highest BCUT2D eigenvalue weighted by molar-refractivity contribution is 5.93. The molecule has 0 aromatic heterocycles. The Morgan fingerprint density at radius 3 is 2.50 bits per heavy atom. The molecule has 1 heteroatoms. The second kappa shape index (κ2) is 3.82. The molecule has 0 atom stereocenters. The van der Waals surface area contributed by atoms with Crippen molar-refractivity contribution in [3.63, 3.8) is 0 Å². The molecule has 0 heterocycles. The van der Waals surface area contributed by atoms with E-state index in [0.717, 1.165) is 17.5 Å². The normalized spacial score (nSPS) is 11.9. The monoisotopic (exact) mass is 213 g/mol. The van der Waals surface area contributed by atoms with Crippen molar-refractivity contribution in [1.29, 1.82) is 0 Å². The average molecular weight is 213 g/mol. The Labute approximate surface area is 97.3 Å². The highest BCUT2D eigenvalue weighted by atomic mass is 14.5. The van der Waals surface area contributed by atoms with Gasteiger partial charge in [0, 0.05) is 11.1 Å². The lowest BCUT2D eigenvalue weighted by molar-refractivity contribution is 0.411. The van der Waals surface area contributed by atoms with Crippen LogP contribution in [0.2, 0.25) is 0 Å². The Morgan fingerprint density at radius 2 is 1.81 bits per heavy atom. The Morgan fingerprint density at radius 1 is 1.06 bits per heavy atom. The molecule has 0 spiro atoms. The van der Waals surface area contributed by atoms with Crippen LogP contribution < -0.4 is 5.73 Å². The standard InChI is InChI=1S/C15H19N/c1-15(2,3)10-11-7-8-13-12(9-11)5-4-6-14(13)16/h4-9H,10,16H2,1-3H3. The molecule has 84 valence electrons. The van der Waals surface area contributed by atoms with E-state index in [0.29, 0.717) is 5.41 Å². The zero-order valence-corrected chi connectivity index (χ0v) is 10.2. The summed E-state index contributed by atoms with van der Waals surface area (Å²) in [7, 11) is 0. The van der Waals surface area contributed by atoms with Gasteiger partial charge in [0.25, 0.3) is 0 Å². The van der Waals surface area contributed by atoms with E-state index in [9.17, 15) is 0 Å². The number of fused-ring (bicyclic) bond motifs is 1. The van der Waals surface area contributed by atoms with E-state index < -0.39 is 0 Å². The number of benzene rings is 2. The summed E-state index contributed by atoms with van der Waals surface area (Å²) in [5, 5.41) is 2.39. The average Bonchev–Trinajstić information content (AvgIpc) is 2.15. The SMILES string of the molecule is CC(C)(C)Cc1ccc2c(N)cccc2c1. The van der Waals surface area contributed by atoms with Crippen molar-refractivity contribution < 1.29 is 0 Å². The molecule has 0 radical (unpaired) electrons. The number of hydrogen-bond acceptors (Lipinski definition) is 1. The molecule has 2 rings (SSSR count). The molecule has 1 nitrogen and oxygen atoms in total. The zero-order valence-electron chi connectivity index (χ0n) is 10.2. The highest BCUT2D eigenvalue weighted by Gasteiger charge is 2.11. The largest absolute Gasteiger partial charge is 0.398 e. The highest BCUT2D eigenvalue weighted by Crippen LogP contribution is 2.26. The van der Waals surface area contributed by atoms with Crippen LogP contribution in [0.3, 0.4) is 0 Å². The van der Waals surface area contributed by atoms with Gasteiger partial charge in [0.2, 0.25) is 0 Å². The van der Waals surface area contributed by atoms with E-state index in [1.54, 1.807) is 0 Å². The van der Waals surface area contributed by atoms with Crippen LogP contribution in [0.25, 0.3) is 10.8 Å². The lowest BCUT2D eigenvalue weighted by atomic mass is 9.87. The van der Waals surface area contributed by atoms with Crippen LogP contribution in [0, 0.1) is 5.41 Å². The topological polar surface area (TPSA) is 26.0 Å². The summed E-state index contributed by atoms with van der Waals surface area (Å²) in [5.41, 5.74) is 8.50. The number of anilines is 1. The molecule has 0 fully saturated rings. The lowest BCUT2D eigenvalue weighted by Crippen LogP contribution is -2.08. The molecule has 0 aliphatic heterocycles. The van der Waals surface area contributed by atoms with Crippen LogP contribution in [0.15, 0.2) is 36.4 Å². The fourth-order valence-electron chi connectivity index (χ4n) is 2.08. The maximum atomic E-state index is 5.93. The molecule has 0 amide bonds. The van der Waals surface area contributed by atoms with E-state index in [1.807, 2.05) is 12.1 Å². The first-order valence-electron chi connectivity index (χ1n) is 5.73. The van der Waals surface area contributed by atoms with Crippen molar-refractivity contribution >= 4 is 16.5 Å². The second-order valence-corrected chi connectivity index (χ2v) is 5.64. The molecular formula is C15H19N. The summed E-state index contributed by atoms with van der Waals surface area (Å²) < 4.78 is 0.